The molecule has 3 N–H and O–H groups in total. The van der Waals surface area contributed by atoms with Crippen LogP contribution in [0.1, 0.15) is 28.7 Å². The predicted octanol–water partition coefficient (Wildman–Crippen LogP) is 3.04. The lowest BCUT2D eigenvalue weighted by molar-refractivity contribution is -0.140. The lowest BCUT2D eigenvalue weighted by Crippen LogP contribution is -2.26. The van der Waals surface area contributed by atoms with Gasteiger partial charge in [0.2, 0.25) is 0 Å². The summed E-state index contributed by atoms with van der Waals surface area (Å²) in [6.45, 7) is 2.01. The predicted molar refractivity (Wildman–Crippen MR) is 74.1 cm³/mol. The number of fused-ring (bicyclic) bond motifs is 1. The Bertz CT molecular complexity index is 725. The van der Waals surface area contributed by atoms with Crippen molar-refractivity contribution in [3.63, 3.8) is 0 Å². The first-order valence-corrected chi connectivity index (χ1v) is 7.16. The van der Waals surface area contributed by atoms with Crippen LogP contribution in [0.5, 0.6) is 0 Å². The zero-order valence-corrected chi connectivity index (χ0v) is 11.8. The molecule has 2 aromatic rings. The van der Waals surface area contributed by atoms with Crippen LogP contribution in [0.25, 0.3) is 10.2 Å². The average molecular weight is 315 g/mol. The summed E-state index contributed by atoms with van der Waals surface area (Å²) < 4.78 is 37.9. The highest BCUT2D eigenvalue weighted by atomic mass is 32.1. The van der Waals surface area contributed by atoms with Crippen molar-refractivity contribution in [1.29, 1.82) is 0 Å². The fraction of sp³-hybridized carbons (Fsp3) is 0.385. The summed E-state index contributed by atoms with van der Waals surface area (Å²) in [7, 11) is 0. The number of alkyl halides is 3. The van der Waals surface area contributed by atoms with Crippen molar-refractivity contribution >= 4 is 33.1 Å². The van der Waals surface area contributed by atoms with Crippen LogP contribution >= 0.6 is 11.3 Å². The van der Waals surface area contributed by atoms with Crippen molar-refractivity contribution in [2.75, 3.05) is 5.73 Å². The van der Waals surface area contributed by atoms with E-state index in [0.29, 0.717) is 11.3 Å². The molecule has 0 aliphatic heterocycles. The SMILES string of the molecule is CC1CC1NC(=O)c1sc2nc(C(F)(F)F)ccc2c1N. The molecular formula is C13H12F3N3OS. The number of nitrogen functional groups attached to an aromatic ring is 1. The summed E-state index contributed by atoms with van der Waals surface area (Å²) in [5.74, 6) is 0.0814. The molecule has 21 heavy (non-hydrogen) atoms. The van der Waals surface area contributed by atoms with Crippen molar-refractivity contribution in [2.45, 2.75) is 25.6 Å². The van der Waals surface area contributed by atoms with E-state index in [2.05, 4.69) is 10.3 Å². The Kier molecular flexibility index (Phi) is 3.09. The van der Waals surface area contributed by atoms with Gasteiger partial charge in [0.15, 0.2) is 0 Å². The van der Waals surface area contributed by atoms with E-state index in [1.807, 2.05) is 6.92 Å². The molecule has 2 unspecified atom stereocenters. The zero-order valence-electron chi connectivity index (χ0n) is 11.0. The van der Waals surface area contributed by atoms with Crippen LogP contribution in [-0.2, 0) is 6.18 Å². The van der Waals surface area contributed by atoms with Crippen LogP contribution in [0.2, 0.25) is 0 Å². The number of aromatic nitrogens is 1. The molecule has 2 heterocycles. The quantitative estimate of drug-likeness (QED) is 0.895. The summed E-state index contributed by atoms with van der Waals surface area (Å²) in [4.78, 5) is 16.0. The number of rotatable bonds is 2. The molecule has 2 atom stereocenters. The van der Waals surface area contributed by atoms with E-state index in [4.69, 9.17) is 5.73 Å². The van der Waals surface area contributed by atoms with E-state index < -0.39 is 11.9 Å². The fourth-order valence-corrected chi connectivity index (χ4v) is 3.08. The van der Waals surface area contributed by atoms with Gasteiger partial charge in [-0.15, -0.1) is 11.3 Å². The van der Waals surface area contributed by atoms with Crippen LogP contribution < -0.4 is 11.1 Å². The Balaban J connectivity index is 1.97. The Morgan fingerprint density at radius 2 is 2.14 bits per heavy atom. The molecular weight excluding hydrogens is 303 g/mol. The fourth-order valence-electron chi connectivity index (χ4n) is 2.08. The number of nitrogens with one attached hydrogen (secondary N) is 1. The van der Waals surface area contributed by atoms with Gasteiger partial charge in [-0.25, -0.2) is 4.98 Å². The molecule has 3 rings (SSSR count). The monoisotopic (exact) mass is 315 g/mol. The number of nitrogens with two attached hydrogens (primary N) is 1. The standard InChI is InChI=1S/C13H12F3N3OS/c1-5-4-7(5)18-11(20)10-9(17)6-2-3-8(13(14,15)16)19-12(6)21-10/h2-3,5,7H,4,17H2,1H3,(H,18,20). The normalized spacial score (nSPS) is 21.5. The van der Waals surface area contributed by atoms with Gasteiger partial charge in [-0.2, -0.15) is 13.2 Å². The molecule has 0 radical (unpaired) electrons. The van der Waals surface area contributed by atoms with Crippen molar-refractivity contribution in [3.05, 3.63) is 22.7 Å². The Morgan fingerprint density at radius 1 is 1.48 bits per heavy atom. The minimum absolute atomic E-state index is 0.122. The number of pyridine rings is 1. The molecule has 0 aromatic carbocycles. The Morgan fingerprint density at radius 3 is 2.71 bits per heavy atom. The summed E-state index contributed by atoms with van der Waals surface area (Å²) >= 11 is 0.885. The molecule has 1 aliphatic rings. The highest BCUT2D eigenvalue weighted by Gasteiger charge is 2.35. The maximum atomic E-state index is 12.6. The third-order valence-corrected chi connectivity index (χ3v) is 4.63. The summed E-state index contributed by atoms with van der Waals surface area (Å²) in [6.07, 6.45) is -3.61. The van der Waals surface area contributed by atoms with E-state index in [1.54, 1.807) is 0 Å². The third-order valence-electron chi connectivity index (χ3n) is 3.52. The molecule has 1 aliphatic carbocycles. The van der Waals surface area contributed by atoms with Crippen LogP contribution in [0.15, 0.2) is 12.1 Å². The van der Waals surface area contributed by atoms with Crippen molar-refractivity contribution in [3.8, 4) is 0 Å². The number of anilines is 1. The van der Waals surface area contributed by atoms with Gasteiger partial charge < -0.3 is 11.1 Å². The van der Waals surface area contributed by atoms with Crippen LogP contribution in [0, 0.1) is 5.92 Å². The molecule has 1 saturated carbocycles. The minimum atomic E-state index is -4.52. The molecule has 0 spiro atoms. The van der Waals surface area contributed by atoms with Crippen LogP contribution in [0.4, 0.5) is 18.9 Å². The topological polar surface area (TPSA) is 68.0 Å². The number of amides is 1. The first kappa shape index (κ1) is 14.1. The van der Waals surface area contributed by atoms with Gasteiger partial charge in [0.05, 0.1) is 5.69 Å². The molecule has 8 heteroatoms. The van der Waals surface area contributed by atoms with Crippen molar-refractivity contribution in [2.24, 2.45) is 5.92 Å². The van der Waals surface area contributed by atoms with E-state index in [0.717, 1.165) is 23.8 Å². The number of halogens is 3. The lowest BCUT2D eigenvalue weighted by atomic mass is 10.2. The van der Waals surface area contributed by atoms with Crippen molar-refractivity contribution in [1.82, 2.24) is 10.3 Å². The maximum Gasteiger partial charge on any atom is 0.433 e. The number of nitrogens with zero attached hydrogens (tertiary/aromatic N) is 1. The Hall–Kier alpha value is -1.83. The summed E-state index contributed by atoms with van der Waals surface area (Å²) in [5.41, 5.74) is 5.05. The van der Waals surface area contributed by atoms with Gasteiger partial charge in [-0.1, -0.05) is 6.92 Å². The number of hydrogen-bond acceptors (Lipinski definition) is 4. The average Bonchev–Trinajstić information content (AvgIpc) is 2.97. The Labute approximate surface area is 122 Å². The third kappa shape index (κ3) is 2.55. The van der Waals surface area contributed by atoms with Crippen LogP contribution in [0.3, 0.4) is 0 Å². The number of hydrogen-bond donors (Lipinski definition) is 2. The molecule has 112 valence electrons. The van der Waals surface area contributed by atoms with E-state index in [9.17, 15) is 18.0 Å². The van der Waals surface area contributed by atoms with Gasteiger partial charge in [-0.05, 0) is 24.5 Å². The second-order valence-electron chi connectivity index (χ2n) is 5.18. The highest BCUT2D eigenvalue weighted by molar-refractivity contribution is 7.21. The zero-order chi connectivity index (χ0) is 15.4. The molecule has 1 fully saturated rings. The highest BCUT2D eigenvalue weighted by Crippen LogP contribution is 2.37. The van der Waals surface area contributed by atoms with E-state index >= 15 is 0 Å². The molecule has 4 nitrogen and oxygen atoms in total. The molecule has 1 amide bonds. The number of thiophene rings is 1. The summed E-state index contributed by atoms with van der Waals surface area (Å²) in [6, 6.07) is 2.25. The first-order chi connectivity index (χ1) is 9.77. The molecule has 0 bridgehead atoms. The van der Waals surface area contributed by atoms with Crippen molar-refractivity contribution < 1.29 is 18.0 Å². The van der Waals surface area contributed by atoms with Gasteiger partial charge >= 0.3 is 6.18 Å². The molecule has 0 saturated heterocycles. The van der Waals surface area contributed by atoms with Gasteiger partial charge in [0.25, 0.3) is 5.91 Å². The maximum absolute atomic E-state index is 12.6. The molecule has 2 aromatic heterocycles. The number of carbonyl (C=O) groups is 1. The van der Waals surface area contributed by atoms with Crippen LogP contribution in [-0.4, -0.2) is 16.9 Å². The minimum Gasteiger partial charge on any atom is -0.397 e. The van der Waals surface area contributed by atoms with Gasteiger partial charge in [0.1, 0.15) is 15.4 Å². The second kappa shape index (κ2) is 4.59. The van der Waals surface area contributed by atoms with Gasteiger partial charge in [-0.3, -0.25) is 4.79 Å². The smallest absolute Gasteiger partial charge is 0.397 e. The first-order valence-electron chi connectivity index (χ1n) is 6.34. The largest absolute Gasteiger partial charge is 0.433 e. The van der Waals surface area contributed by atoms with Gasteiger partial charge in [0, 0.05) is 11.4 Å². The van der Waals surface area contributed by atoms with E-state index in [-0.39, 0.29) is 27.3 Å². The summed E-state index contributed by atoms with van der Waals surface area (Å²) in [5, 5.41) is 3.18. The van der Waals surface area contributed by atoms with E-state index in [1.165, 1.54) is 6.07 Å². The second-order valence-corrected chi connectivity index (χ2v) is 6.18. The number of carbonyl (C=O) groups excluding carboxylic acids is 1. The lowest BCUT2D eigenvalue weighted by Gasteiger charge is -2.04.